The molecule has 1 aromatic rings. The van der Waals surface area contributed by atoms with Crippen LogP contribution in [-0.4, -0.2) is 11.8 Å². The second kappa shape index (κ2) is 6.65. The van der Waals surface area contributed by atoms with Gasteiger partial charge in [0.05, 0.1) is 0 Å². The van der Waals surface area contributed by atoms with Gasteiger partial charge in [0.15, 0.2) is 5.16 Å². The Labute approximate surface area is 140 Å². The van der Waals surface area contributed by atoms with Gasteiger partial charge in [-0.25, -0.2) is 0 Å². The average molecular weight is 331 g/mol. The highest BCUT2D eigenvalue weighted by Gasteiger charge is 2.62. The molecule has 0 spiro atoms. The third kappa shape index (κ3) is 3.39. The number of aryl methyl sites for hydroxylation is 1. The molecular weight excluding hydrogens is 303 g/mol. The zero-order valence-corrected chi connectivity index (χ0v) is 14.8. The van der Waals surface area contributed by atoms with Crippen molar-refractivity contribution in [1.29, 1.82) is 0 Å². The van der Waals surface area contributed by atoms with E-state index in [9.17, 15) is 4.57 Å². The Bertz CT molecular complexity index is 519. The van der Waals surface area contributed by atoms with Crippen LogP contribution < -0.4 is 0 Å². The maximum Gasteiger partial charge on any atom is 0.514 e. The van der Waals surface area contributed by atoms with E-state index < -0.39 is 8.03 Å². The van der Waals surface area contributed by atoms with E-state index in [0.29, 0.717) is 6.61 Å². The number of hydrogen-bond acceptors (Lipinski definition) is 2. The van der Waals surface area contributed by atoms with E-state index in [1.54, 1.807) is 0 Å². The van der Waals surface area contributed by atoms with Gasteiger partial charge in [-0.05, 0) is 66.4 Å². The summed E-state index contributed by atoms with van der Waals surface area (Å²) < 4.78 is 18.7. The Kier molecular flexibility index (Phi) is 4.56. The lowest BCUT2D eigenvalue weighted by Crippen LogP contribution is -2.48. The van der Waals surface area contributed by atoms with Crippen LogP contribution in [0.2, 0.25) is 0 Å². The highest BCUT2D eigenvalue weighted by Crippen LogP contribution is 2.64. The number of benzene rings is 1. The predicted octanol–water partition coefficient (Wildman–Crippen LogP) is 5.74. The SMILES string of the molecule is O=[P+](OCCCCc1ccccc1)C12CC3CC(CC(C3)C1)C2. The van der Waals surface area contributed by atoms with E-state index in [2.05, 4.69) is 30.3 Å². The van der Waals surface area contributed by atoms with Gasteiger partial charge in [0.25, 0.3) is 0 Å². The van der Waals surface area contributed by atoms with Gasteiger partial charge in [-0.2, -0.15) is 0 Å². The molecule has 0 amide bonds. The molecule has 0 radical (unpaired) electrons. The molecule has 4 saturated carbocycles. The van der Waals surface area contributed by atoms with Crippen LogP contribution in [0.5, 0.6) is 0 Å². The monoisotopic (exact) mass is 331 g/mol. The lowest BCUT2D eigenvalue weighted by atomic mass is 9.56. The van der Waals surface area contributed by atoms with E-state index in [0.717, 1.165) is 37.0 Å². The maximum atomic E-state index is 12.9. The van der Waals surface area contributed by atoms with Crippen molar-refractivity contribution >= 4 is 8.03 Å². The molecule has 0 aliphatic heterocycles. The standard InChI is InChI=1S/C20H28O2P/c21-23(22-9-5-4-8-16-6-2-1-3-7-16)20-13-17-10-18(14-20)12-19(11-17)15-20/h1-3,6-7,17-19H,4-5,8-15H2/q+1. The van der Waals surface area contributed by atoms with Crippen molar-refractivity contribution in [3.8, 4) is 0 Å². The summed E-state index contributed by atoms with van der Waals surface area (Å²) in [6.45, 7) is 0.670. The largest absolute Gasteiger partial charge is 0.514 e. The van der Waals surface area contributed by atoms with Gasteiger partial charge in [0.2, 0.25) is 0 Å². The summed E-state index contributed by atoms with van der Waals surface area (Å²) in [4.78, 5) is 0. The first-order valence-corrected chi connectivity index (χ1v) is 10.6. The fraction of sp³-hybridized carbons (Fsp3) is 0.700. The molecule has 0 aromatic heterocycles. The van der Waals surface area contributed by atoms with E-state index >= 15 is 0 Å². The number of unbranched alkanes of at least 4 members (excludes halogenated alkanes) is 1. The Hall–Kier alpha value is -0.720. The van der Waals surface area contributed by atoms with Gasteiger partial charge in [-0.15, -0.1) is 4.52 Å². The van der Waals surface area contributed by atoms with Crippen LogP contribution in [0, 0.1) is 17.8 Å². The first-order valence-electron chi connectivity index (χ1n) is 9.38. The first kappa shape index (κ1) is 15.8. The van der Waals surface area contributed by atoms with Crippen molar-refractivity contribution in [2.75, 3.05) is 6.61 Å². The normalized spacial score (nSPS) is 35.5. The van der Waals surface area contributed by atoms with Crippen LogP contribution in [0.25, 0.3) is 0 Å². The summed E-state index contributed by atoms with van der Waals surface area (Å²) >= 11 is 0. The zero-order chi connectivity index (χ0) is 15.7. The predicted molar refractivity (Wildman–Crippen MR) is 93.8 cm³/mol. The molecular formula is C20H28O2P+. The molecule has 5 rings (SSSR count). The molecule has 4 aliphatic rings. The Balaban J connectivity index is 1.23. The molecule has 0 saturated heterocycles. The molecule has 4 bridgehead atoms. The van der Waals surface area contributed by atoms with Crippen molar-refractivity contribution in [2.45, 2.75) is 62.9 Å². The van der Waals surface area contributed by atoms with Crippen molar-refractivity contribution in [3.63, 3.8) is 0 Å². The summed E-state index contributed by atoms with van der Waals surface area (Å²) in [5, 5.41) is 0.0590. The fourth-order valence-corrected chi connectivity index (χ4v) is 7.44. The van der Waals surface area contributed by atoms with Crippen LogP contribution >= 0.6 is 8.03 Å². The highest BCUT2D eigenvalue weighted by atomic mass is 31.1. The Morgan fingerprint density at radius 1 is 0.957 bits per heavy atom. The first-order chi connectivity index (χ1) is 11.2. The third-order valence-corrected chi connectivity index (χ3v) is 8.04. The molecule has 4 fully saturated rings. The third-order valence-electron chi connectivity index (χ3n) is 6.30. The molecule has 1 aromatic carbocycles. The Morgan fingerprint density at radius 2 is 1.57 bits per heavy atom. The van der Waals surface area contributed by atoms with Crippen molar-refractivity contribution < 1.29 is 9.09 Å². The quantitative estimate of drug-likeness (QED) is 0.470. The molecule has 0 heterocycles. The van der Waals surface area contributed by atoms with Crippen LogP contribution in [0.1, 0.15) is 56.9 Å². The minimum atomic E-state index is -1.48. The van der Waals surface area contributed by atoms with Crippen LogP contribution in [0.15, 0.2) is 30.3 Å². The number of rotatable bonds is 7. The molecule has 1 atom stereocenters. The topological polar surface area (TPSA) is 26.3 Å². The lowest BCUT2D eigenvalue weighted by molar-refractivity contribution is 0.0290. The fourth-order valence-electron chi connectivity index (χ4n) is 5.65. The van der Waals surface area contributed by atoms with Crippen molar-refractivity contribution in [3.05, 3.63) is 35.9 Å². The van der Waals surface area contributed by atoms with Crippen LogP contribution in [0.4, 0.5) is 0 Å². The van der Waals surface area contributed by atoms with E-state index in [1.165, 1.54) is 44.1 Å². The molecule has 1 unspecified atom stereocenters. The maximum absolute atomic E-state index is 12.9. The molecule has 2 nitrogen and oxygen atoms in total. The van der Waals surface area contributed by atoms with Crippen LogP contribution in [-0.2, 0) is 15.5 Å². The molecule has 4 aliphatic carbocycles. The van der Waals surface area contributed by atoms with E-state index in [-0.39, 0.29) is 5.16 Å². The Morgan fingerprint density at radius 3 is 2.17 bits per heavy atom. The van der Waals surface area contributed by atoms with Crippen LogP contribution in [0.3, 0.4) is 0 Å². The second-order valence-corrected chi connectivity index (χ2v) is 9.90. The lowest BCUT2D eigenvalue weighted by Gasteiger charge is -2.50. The van der Waals surface area contributed by atoms with Gasteiger partial charge < -0.3 is 0 Å². The summed E-state index contributed by atoms with van der Waals surface area (Å²) in [6.07, 6.45) is 11.0. The molecule has 0 N–H and O–H groups in total. The summed E-state index contributed by atoms with van der Waals surface area (Å²) in [5.41, 5.74) is 1.39. The summed E-state index contributed by atoms with van der Waals surface area (Å²) in [7, 11) is -1.48. The van der Waals surface area contributed by atoms with E-state index in [1.807, 2.05) is 0 Å². The average Bonchev–Trinajstić information content (AvgIpc) is 2.54. The molecule has 23 heavy (non-hydrogen) atoms. The molecule has 3 heteroatoms. The second-order valence-electron chi connectivity index (χ2n) is 8.17. The van der Waals surface area contributed by atoms with Crippen molar-refractivity contribution in [2.24, 2.45) is 17.8 Å². The minimum absolute atomic E-state index is 0.0590. The zero-order valence-electron chi connectivity index (χ0n) is 14.0. The summed E-state index contributed by atoms with van der Waals surface area (Å²) in [6, 6.07) is 10.6. The number of hydrogen-bond donors (Lipinski definition) is 0. The van der Waals surface area contributed by atoms with E-state index in [4.69, 9.17) is 4.52 Å². The van der Waals surface area contributed by atoms with Gasteiger partial charge in [-0.3, -0.25) is 0 Å². The molecule has 124 valence electrons. The minimum Gasteiger partial charge on any atom is -0.146 e. The summed E-state index contributed by atoms with van der Waals surface area (Å²) in [5.74, 6) is 2.55. The highest BCUT2D eigenvalue weighted by molar-refractivity contribution is 7.41. The van der Waals surface area contributed by atoms with Gasteiger partial charge in [-0.1, -0.05) is 30.3 Å². The van der Waals surface area contributed by atoms with Gasteiger partial charge in [0, 0.05) is 19.3 Å². The van der Waals surface area contributed by atoms with Gasteiger partial charge in [0.1, 0.15) is 6.61 Å². The van der Waals surface area contributed by atoms with Gasteiger partial charge >= 0.3 is 8.03 Å². The van der Waals surface area contributed by atoms with Crippen molar-refractivity contribution in [1.82, 2.24) is 0 Å². The smallest absolute Gasteiger partial charge is 0.146 e.